The van der Waals surface area contributed by atoms with Crippen molar-refractivity contribution in [3.8, 4) is 5.75 Å². The second-order valence-electron chi connectivity index (χ2n) is 4.86. The number of halogens is 2. The molecule has 1 heterocycles. The van der Waals surface area contributed by atoms with Crippen LogP contribution in [0.25, 0.3) is 0 Å². The quantitative estimate of drug-likeness (QED) is 0.775. The molecule has 1 fully saturated rings. The van der Waals surface area contributed by atoms with E-state index >= 15 is 0 Å². The standard InChI is InChI=1S/C14H19BrClNO/c1-18-13-4-5-14(15)12(7-13)10-17-6-2-3-11(8-16)9-17/h4-5,7,11H,2-3,6,8-10H2,1H3. The van der Waals surface area contributed by atoms with Crippen LogP contribution in [0.1, 0.15) is 18.4 Å². The number of benzene rings is 1. The Hall–Kier alpha value is -0.250. The SMILES string of the molecule is COc1ccc(Br)c(CN2CCCC(CCl)C2)c1. The van der Waals surface area contributed by atoms with Crippen LogP contribution in [0.4, 0.5) is 0 Å². The van der Waals surface area contributed by atoms with Gasteiger partial charge < -0.3 is 4.74 Å². The van der Waals surface area contributed by atoms with Gasteiger partial charge in [-0.2, -0.15) is 0 Å². The Kier molecular flexibility index (Phi) is 5.34. The fourth-order valence-electron chi connectivity index (χ4n) is 2.46. The van der Waals surface area contributed by atoms with Crippen LogP contribution >= 0.6 is 27.5 Å². The molecule has 0 saturated carbocycles. The van der Waals surface area contributed by atoms with E-state index in [0.717, 1.165) is 35.7 Å². The first-order valence-electron chi connectivity index (χ1n) is 6.33. The Balaban J connectivity index is 2.04. The van der Waals surface area contributed by atoms with Crippen molar-refractivity contribution >= 4 is 27.5 Å². The second-order valence-corrected chi connectivity index (χ2v) is 6.02. The van der Waals surface area contributed by atoms with Crippen LogP contribution in [-0.4, -0.2) is 31.0 Å². The molecule has 2 rings (SSSR count). The predicted octanol–water partition coefficient (Wildman–Crippen LogP) is 3.91. The van der Waals surface area contributed by atoms with Gasteiger partial charge in [-0.3, -0.25) is 4.90 Å². The van der Waals surface area contributed by atoms with Gasteiger partial charge in [0, 0.05) is 23.4 Å². The molecule has 0 amide bonds. The number of ether oxygens (including phenoxy) is 1. The van der Waals surface area contributed by atoms with Crippen molar-refractivity contribution in [1.29, 1.82) is 0 Å². The number of nitrogens with zero attached hydrogens (tertiary/aromatic N) is 1. The Morgan fingerprint density at radius 2 is 2.33 bits per heavy atom. The number of hydrogen-bond acceptors (Lipinski definition) is 2. The van der Waals surface area contributed by atoms with Crippen molar-refractivity contribution in [2.24, 2.45) is 5.92 Å². The van der Waals surface area contributed by atoms with Crippen molar-refractivity contribution in [1.82, 2.24) is 4.90 Å². The molecule has 0 aromatic heterocycles. The third kappa shape index (κ3) is 3.62. The lowest BCUT2D eigenvalue weighted by Crippen LogP contribution is -2.35. The summed E-state index contributed by atoms with van der Waals surface area (Å²) >= 11 is 9.58. The van der Waals surface area contributed by atoms with Gasteiger partial charge in [0.25, 0.3) is 0 Å². The minimum Gasteiger partial charge on any atom is -0.497 e. The number of hydrogen-bond donors (Lipinski definition) is 0. The highest BCUT2D eigenvalue weighted by Gasteiger charge is 2.19. The minimum atomic E-state index is 0.643. The molecule has 1 atom stereocenters. The van der Waals surface area contributed by atoms with Crippen LogP contribution in [0.5, 0.6) is 5.75 Å². The van der Waals surface area contributed by atoms with Gasteiger partial charge in [0.15, 0.2) is 0 Å². The average Bonchev–Trinajstić information content (AvgIpc) is 2.41. The average molecular weight is 333 g/mol. The Morgan fingerprint density at radius 3 is 3.06 bits per heavy atom. The molecule has 1 aliphatic heterocycles. The maximum absolute atomic E-state index is 5.97. The Morgan fingerprint density at radius 1 is 1.50 bits per heavy atom. The van der Waals surface area contributed by atoms with Crippen LogP contribution < -0.4 is 4.74 Å². The van der Waals surface area contributed by atoms with Crippen molar-refractivity contribution < 1.29 is 4.74 Å². The smallest absolute Gasteiger partial charge is 0.119 e. The van der Waals surface area contributed by atoms with Crippen molar-refractivity contribution in [2.75, 3.05) is 26.1 Å². The van der Waals surface area contributed by atoms with E-state index in [4.69, 9.17) is 16.3 Å². The first-order chi connectivity index (χ1) is 8.72. The molecule has 18 heavy (non-hydrogen) atoms. The molecule has 1 unspecified atom stereocenters. The summed E-state index contributed by atoms with van der Waals surface area (Å²) in [4.78, 5) is 2.48. The highest BCUT2D eigenvalue weighted by atomic mass is 79.9. The number of likely N-dealkylation sites (tertiary alicyclic amines) is 1. The summed E-state index contributed by atoms with van der Waals surface area (Å²) in [6.45, 7) is 3.23. The van der Waals surface area contributed by atoms with E-state index in [-0.39, 0.29) is 0 Å². The summed E-state index contributed by atoms with van der Waals surface area (Å²) in [5.74, 6) is 2.33. The minimum absolute atomic E-state index is 0.643. The summed E-state index contributed by atoms with van der Waals surface area (Å²) in [6, 6.07) is 6.14. The normalized spacial score (nSPS) is 20.9. The molecular weight excluding hydrogens is 314 g/mol. The molecule has 1 aromatic rings. The molecular formula is C14H19BrClNO. The maximum Gasteiger partial charge on any atom is 0.119 e. The van der Waals surface area contributed by atoms with Gasteiger partial charge in [-0.1, -0.05) is 15.9 Å². The van der Waals surface area contributed by atoms with Crippen LogP contribution in [0.2, 0.25) is 0 Å². The molecule has 2 nitrogen and oxygen atoms in total. The molecule has 0 radical (unpaired) electrons. The largest absolute Gasteiger partial charge is 0.497 e. The zero-order valence-electron chi connectivity index (χ0n) is 10.7. The van der Waals surface area contributed by atoms with E-state index in [1.165, 1.54) is 18.4 Å². The lowest BCUT2D eigenvalue weighted by atomic mass is 9.99. The van der Waals surface area contributed by atoms with E-state index in [9.17, 15) is 0 Å². The maximum atomic E-state index is 5.97. The molecule has 0 aliphatic carbocycles. The molecule has 4 heteroatoms. The van der Waals surface area contributed by atoms with E-state index in [1.807, 2.05) is 6.07 Å². The third-order valence-electron chi connectivity index (χ3n) is 3.47. The molecule has 1 saturated heterocycles. The fourth-order valence-corrected chi connectivity index (χ4v) is 3.08. The molecule has 0 spiro atoms. The van der Waals surface area contributed by atoms with Gasteiger partial charge in [0.1, 0.15) is 5.75 Å². The van der Waals surface area contributed by atoms with Crippen molar-refractivity contribution in [2.45, 2.75) is 19.4 Å². The highest BCUT2D eigenvalue weighted by Crippen LogP contribution is 2.26. The van der Waals surface area contributed by atoms with E-state index < -0.39 is 0 Å². The van der Waals surface area contributed by atoms with Gasteiger partial charge in [0.05, 0.1) is 7.11 Å². The van der Waals surface area contributed by atoms with Crippen molar-refractivity contribution in [3.63, 3.8) is 0 Å². The Bertz CT molecular complexity index is 399. The molecule has 0 N–H and O–H groups in total. The molecule has 100 valence electrons. The van der Waals surface area contributed by atoms with E-state index in [2.05, 4.69) is 33.0 Å². The molecule has 1 aromatic carbocycles. The molecule has 1 aliphatic rings. The number of piperidine rings is 1. The zero-order chi connectivity index (χ0) is 13.0. The van der Waals surface area contributed by atoms with Crippen LogP contribution in [-0.2, 0) is 6.54 Å². The summed E-state index contributed by atoms with van der Waals surface area (Å²) in [5, 5.41) is 0. The molecule has 0 bridgehead atoms. The number of rotatable bonds is 4. The van der Waals surface area contributed by atoms with Crippen LogP contribution in [0.3, 0.4) is 0 Å². The predicted molar refractivity (Wildman–Crippen MR) is 79.4 cm³/mol. The van der Waals surface area contributed by atoms with E-state index in [0.29, 0.717) is 5.92 Å². The fraction of sp³-hybridized carbons (Fsp3) is 0.571. The summed E-state index contributed by atoms with van der Waals surface area (Å²) in [6.07, 6.45) is 2.51. The topological polar surface area (TPSA) is 12.5 Å². The number of alkyl halides is 1. The summed E-state index contributed by atoms with van der Waals surface area (Å²) in [5.41, 5.74) is 1.28. The van der Waals surface area contributed by atoms with Gasteiger partial charge in [-0.05, 0) is 49.1 Å². The van der Waals surface area contributed by atoms with E-state index in [1.54, 1.807) is 7.11 Å². The summed E-state index contributed by atoms with van der Waals surface area (Å²) in [7, 11) is 1.71. The van der Waals surface area contributed by atoms with Crippen molar-refractivity contribution in [3.05, 3.63) is 28.2 Å². The van der Waals surface area contributed by atoms with Crippen LogP contribution in [0, 0.1) is 5.92 Å². The summed E-state index contributed by atoms with van der Waals surface area (Å²) < 4.78 is 6.43. The highest BCUT2D eigenvalue weighted by molar-refractivity contribution is 9.10. The third-order valence-corrected chi connectivity index (χ3v) is 4.68. The zero-order valence-corrected chi connectivity index (χ0v) is 13.0. The first-order valence-corrected chi connectivity index (χ1v) is 7.66. The van der Waals surface area contributed by atoms with Gasteiger partial charge in [-0.15, -0.1) is 11.6 Å². The van der Waals surface area contributed by atoms with Gasteiger partial charge >= 0.3 is 0 Å². The lowest BCUT2D eigenvalue weighted by Gasteiger charge is -2.32. The lowest BCUT2D eigenvalue weighted by molar-refractivity contribution is 0.177. The first kappa shape index (κ1) is 14.2. The second kappa shape index (κ2) is 6.78. The van der Waals surface area contributed by atoms with Gasteiger partial charge in [-0.25, -0.2) is 0 Å². The van der Waals surface area contributed by atoms with Gasteiger partial charge in [0.2, 0.25) is 0 Å². The van der Waals surface area contributed by atoms with Crippen LogP contribution in [0.15, 0.2) is 22.7 Å². The monoisotopic (exact) mass is 331 g/mol. The Labute approximate surface area is 122 Å². The number of methoxy groups -OCH3 is 1.